The van der Waals surface area contributed by atoms with Crippen LogP contribution in [0.3, 0.4) is 0 Å². The van der Waals surface area contributed by atoms with Crippen molar-refractivity contribution in [3.8, 4) is 0 Å². The van der Waals surface area contributed by atoms with Crippen LogP contribution in [0.5, 0.6) is 0 Å². The van der Waals surface area contributed by atoms with Gasteiger partial charge in [-0.05, 0) is 30.5 Å². The lowest BCUT2D eigenvalue weighted by Gasteiger charge is -2.13. The Morgan fingerprint density at radius 2 is 2.13 bits per heavy atom. The van der Waals surface area contributed by atoms with E-state index in [1.54, 1.807) is 6.07 Å². The van der Waals surface area contributed by atoms with Crippen molar-refractivity contribution >= 4 is 33.5 Å². The number of aliphatic carboxylic acids is 1. The Kier molecular flexibility index (Phi) is 2.51. The van der Waals surface area contributed by atoms with Gasteiger partial charge in [-0.15, -0.1) is 0 Å². The van der Waals surface area contributed by atoms with Crippen LogP contribution in [-0.2, 0) is 10.2 Å². The van der Waals surface area contributed by atoms with Crippen molar-refractivity contribution in [2.75, 3.05) is 0 Å². The van der Waals surface area contributed by atoms with Crippen molar-refractivity contribution in [1.82, 2.24) is 0 Å². The summed E-state index contributed by atoms with van der Waals surface area (Å²) in [6, 6.07) is 2.80. The van der Waals surface area contributed by atoms with Gasteiger partial charge in [0.1, 0.15) is 5.82 Å². The molecule has 0 heterocycles. The topological polar surface area (TPSA) is 37.3 Å². The molecule has 0 amide bonds. The maximum absolute atomic E-state index is 13.3. The Labute approximate surface area is 99.2 Å². The molecule has 1 saturated carbocycles. The predicted octanol–water partition coefficient (Wildman–Crippen LogP) is 3.36. The third-order valence-corrected chi connectivity index (χ3v) is 3.51. The second-order valence-electron chi connectivity index (χ2n) is 3.64. The van der Waals surface area contributed by atoms with Crippen LogP contribution < -0.4 is 0 Å². The van der Waals surface area contributed by atoms with Gasteiger partial charge in [0.2, 0.25) is 0 Å². The van der Waals surface area contributed by atoms with Crippen LogP contribution in [0.2, 0.25) is 5.02 Å². The van der Waals surface area contributed by atoms with E-state index in [0.717, 1.165) is 0 Å². The maximum Gasteiger partial charge on any atom is 0.314 e. The fraction of sp³-hybridized carbons (Fsp3) is 0.300. The predicted molar refractivity (Wildman–Crippen MR) is 57.7 cm³/mol. The summed E-state index contributed by atoms with van der Waals surface area (Å²) in [5.74, 6) is -1.53. The number of carbonyl (C=O) groups is 1. The Hall–Kier alpha value is -0.610. The Bertz CT molecular complexity index is 443. The van der Waals surface area contributed by atoms with Crippen molar-refractivity contribution in [3.05, 3.63) is 33.0 Å². The molecule has 1 aliphatic carbocycles. The van der Waals surface area contributed by atoms with Gasteiger partial charge in [-0.3, -0.25) is 4.79 Å². The van der Waals surface area contributed by atoms with Gasteiger partial charge in [0.05, 0.1) is 10.4 Å². The molecular weight excluding hydrogens is 286 g/mol. The minimum atomic E-state index is -0.971. The molecule has 1 aliphatic rings. The van der Waals surface area contributed by atoms with Crippen LogP contribution in [0.4, 0.5) is 4.39 Å². The van der Waals surface area contributed by atoms with E-state index in [4.69, 9.17) is 16.7 Å². The minimum absolute atomic E-state index is 0.0851. The first-order valence-corrected chi connectivity index (χ1v) is 5.53. The van der Waals surface area contributed by atoms with Gasteiger partial charge in [0.25, 0.3) is 0 Å². The van der Waals surface area contributed by atoms with Crippen LogP contribution in [0.15, 0.2) is 16.6 Å². The molecule has 15 heavy (non-hydrogen) atoms. The van der Waals surface area contributed by atoms with Gasteiger partial charge in [-0.1, -0.05) is 27.5 Å². The molecular formula is C10H7BrClFO2. The van der Waals surface area contributed by atoms with Crippen LogP contribution in [0, 0.1) is 5.82 Å². The minimum Gasteiger partial charge on any atom is -0.481 e. The number of hydrogen-bond donors (Lipinski definition) is 1. The summed E-state index contributed by atoms with van der Waals surface area (Å²) in [6.45, 7) is 0. The number of rotatable bonds is 2. The molecule has 1 N–H and O–H groups in total. The Balaban J connectivity index is 2.58. The molecule has 0 aromatic heterocycles. The van der Waals surface area contributed by atoms with Gasteiger partial charge < -0.3 is 5.11 Å². The molecule has 2 rings (SSSR count). The molecule has 1 fully saturated rings. The lowest BCUT2D eigenvalue weighted by molar-refractivity contribution is -0.140. The summed E-state index contributed by atoms with van der Waals surface area (Å²) >= 11 is 8.90. The van der Waals surface area contributed by atoms with E-state index in [0.29, 0.717) is 22.9 Å². The highest BCUT2D eigenvalue weighted by Crippen LogP contribution is 2.51. The zero-order chi connectivity index (χ0) is 11.2. The first-order valence-electron chi connectivity index (χ1n) is 4.36. The molecule has 0 bridgehead atoms. The van der Waals surface area contributed by atoms with Crippen LogP contribution in [-0.4, -0.2) is 11.1 Å². The van der Waals surface area contributed by atoms with Gasteiger partial charge in [-0.2, -0.15) is 0 Å². The highest BCUT2D eigenvalue weighted by molar-refractivity contribution is 9.10. The van der Waals surface area contributed by atoms with Gasteiger partial charge in [0.15, 0.2) is 0 Å². The average molecular weight is 294 g/mol. The highest BCUT2D eigenvalue weighted by Gasteiger charge is 2.53. The molecule has 0 radical (unpaired) electrons. The largest absolute Gasteiger partial charge is 0.481 e. The summed E-state index contributed by atoms with van der Waals surface area (Å²) < 4.78 is 13.8. The zero-order valence-electron chi connectivity index (χ0n) is 7.56. The van der Waals surface area contributed by atoms with E-state index in [9.17, 15) is 9.18 Å². The Morgan fingerprint density at radius 3 is 2.60 bits per heavy atom. The van der Waals surface area contributed by atoms with Crippen LogP contribution in [0.25, 0.3) is 0 Å². The first kappa shape index (κ1) is 10.9. The molecule has 0 unspecified atom stereocenters. The third-order valence-electron chi connectivity index (χ3n) is 2.67. The quantitative estimate of drug-likeness (QED) is 0.849. The van der Waals surface area contributed by atoms with Crippen LogP contribution in [0.1, 0.15) is 18.4 Å². The van der Waals surface area contributed by atoms with Gasteiger partial charge in [0, 0.05) is 4.47 Å². The molecule has 0 atom stereocenters. The Morgan fingerprint density at radius 1 is 1.53 bits per heavy atom. The summed E-state index contributed by atoms with van der Waals surface area (Å²) in [5, 5.41) is 8.98. The lowest BCUT2D eigenvalue weighted by Crippen LogP contribution is -2.20. The van der Waals surface area contributed by atoms with Gasteiger partial charge in [-0.25, -0.2) is 4.39 Å². The van der Waals surface area contributed by atoms with Gasteiger partial charge >= 0.3 is 5.97 Å². The van der Waals surface area contributed by atoms with Crippen molar-refractivity contribution in [3.63, 3.8) is 0 Å². The molecule has 0 saturated heterocycles. The fourth-order valence-corrected chi connectivity index (χ4v) is 2.35. The number of carboxylic acids is 1. The SMILES string of the molecule is O=C(O)C1(c2cc(Br)cc(F)c2Cl)CC1. The van der Waals surface area contributed by atoms with E-state index < -0.39 is 17.2 Å². The van der Waals surface area contributed by atoms with E-state index in [1.165, 1.54) is 6.07 Å². The van der Waals surface area contributed by atoms with Crippen LogP contribution >= 0.6 is 27.5 Å². The molecule has 1 aromatic rings. The number of hydrogen-bond acceptors (Lipinski definition) is 1. The average Bonchev–Trinajstić information content (AvgIpc) is 2.91. The summed E-state index contributed by atoms with van der Waals surface area (Å²) in [6.07, 6.45) is 1.02. The van der Waals surface area contributed by atoms with Crippen molar-refractivity contribution in [2.45, 2.75) is 18.3 Å². The summed E-state index contributed by atoms with van der Waals surface area (Å²) in [4.78, 5) is 11.1. The molecule has 5 heteroatoms. The standard InChI is InChI=1S/C10H7BrClFO2/c11-5-3-6(8(12)7(13)4-5)10(1-2-10)9(14)15/h3-4H,1-2H2,(H,14,15). The number of halogens is 3. The normalized spacial score (nSPS) is 17.5. The second-order valence-corrected chi connectivity index (χ2v) is 4.93. The lowest BCUT2D eigenvalue weighted by atomic mass is 9.96. The summed E-state index contributed by atoms with van der Waals surface area (Å²) in [7, 11) is 0. The molecule has 80 valence electrons. The second kappa shape index (κ2) is 3.46. The number of carboxylic acid groups (broad SMARTS) is 1. The van der Waals surface area contributed by atoms with E-state index in [-0.39, 0.29) is 5.02 Å². The third kappa shape index (κ3) is 1.66. The molecule has 0 spiro atoms. The molecule has 0 aliphatic heterocycles. The monoisotopic (exact) mass is 292 g/mol. The van der Waals surface area contributed by atoms with E-state index in [2.05, 4.69) is 15.9 Å². The van der Waals surface area contributed by atoms with Crippen molar-refractivity contribution in [1.29, 1.82) is 0 Å². The molecule has 1 aromatic carbocycles. The summed E-state index contributed by atoms with van der Waals surface area (Å²) in [5.41, 5.74) is -0.606. The van der Waals surface area contributed by atoms with Crippen molar-refractivity contribution < 1.29 is 14.3 Å². The van der Waals surface area contributed by atoms with E-state index >= 15 is 0 Å². The highest BCUT2D eigenvalue weighted by atomic mass is 79.9. The maximum atomic E-state index is 13.3. The first-order chi connectivity index (χ1) is 6.97. The zero-order valence-corrected chi connectivity index (χ0v) is 9.90. The fourth-order valence-electron chi connectivity index (χ4n) is 1.63. The smallest absolute Gasteiger partial charge is 0.314 e. The molecule has 2 nitrogen and oxygen atoms in total. The van der Waals surface area contributed by atoms with E-state index in [1.807, 2.05) is 0 Å². The number of benzene rings is 1. The van der Waals surface area contributed by atoms with Crippen molar-refractivity contribution in [2.24, 2.45) is 0 Å².